The summed E-state index contributed by atoms with van der Waals surface area (Å²) >= 11 is 1.54. The highest BCUT2D eigenvalue weighted by Gasteiger charge is 2.28. The molecule has 0 saturated heterocycles. The van der Waals surface area contributed by atoms with Crippen LogP contribution in [-0.4, -0.2) is 25.6 Å². The number of nitro benzene ring substituents is 1. The zero-order valence-electron chi connectivity index (χ0n) is 18.0. The molecule has 0 aliphatic heterocycles. The summed E-state index contributed by atoms with van der Waals surface area (Å²) in [7, 11) is 0. The van der Waals surface area contributed by atoms with Crippen LogP contribution in [0.4, 0.5) is 5.69 Å². The van der Waals surface area contributed by atoms with E-state index in [4.69, 9.17) is 0 Å². The zero-order chi connectivity index (χ0) is 22.7. The fourth-order valence-corrected chi connectivity index (χ4v) is 4.54. The van der Waals surface area contributed by atoms with E-state index in [0.29, 0.717) is 22.4 Å². The maximum Gasteiger partial charge on any atom is 0.269 e. The van der Waals surface area contributed by atoms with Crippen molar-refractivity contribution in [2.24, 2.45) is 5.92 Å². The minimum Gasteiger partial charge on any atom is -0.346 e. The number of nitrogens with zero attached hydrogens (tertiary/aromatic N) is 4. The molecule has 3 aromatic rings. The van der Waals surface area contributed by atoms with Crippen molar-refractivity contribution >= 4 is 23.4 Å². The second kappa shape index (κ2) is 9.52. The number of rotatable bonds is 8. The molecule has 1 amide bonds. The fourth-order valence-electron chi connectivity index (χ4n) is 3.64. The molecule has 1 saturated carbocycles. The highest BCUT2D eigenvalue weighted by Crippen LogP contribution is 2.30. The third-order valence-corrected chi connectivity index (χ3v) is 6.65. The lowest BCUT2D eigenvalue weighted by molar-refractivity contribution is -0.384. The maximum absolute atomic E-state index is 12.5. The van der Waals surface area contributed by atoms with Gasteiger partial charge >= 0.3 is 0 Å². The van der Waals surface area contributed by atoms with E-state index in [-0.39, 0.29) is 23.6 Å². The van der Waals surface area contributed by atoms with Crippen LogP contribution in [-0.2, 0) is 10.5 Å². The van der Waals surface area contributed by atoms with E-state index in [1.807, 2.05) is 17.6 Å². The molecule has 2 aromatic carbocycles. The summed E-state index contributed by atoms with van der Waals surface area (Å²) in [5, 5.41) is 23.6. The summed E-state index contributed by atoms with van der Waals surface area (Å²) in [4.78, 5) is 23.1. The van der Waals surface area contributed by atoms with Gasteiger partial charge in [0.05, 0.1) is 11.0 Å². The number of hydrogen-bond acceptors (Lipinski definition) is 6. The minimum absolute atomic E-state index is 0.0173. The summed E-state index contributed by atoms with van der Waals surface area (Å²) in [5.74, 6) is 1.41. The van der Waals surface area contributed by atoms with Crippen LogP contribution in [0.15, 0.2) is 53.7 Å². The van der Waals surface area contributed by atoms with E-state index in [2.05, 4.69) is 40.6 Å². The van der Waals surface area contributed by atoms with Gasteiger partial charge in [-0.2, -0.15) is 0 Å². The first kappa shape index (κ1) is 22.0. The Labute approximate surface area is 190 Å². The van der Waals surface area contributed by atoms with Gasteiger partial charge in [-0.25, -0.2) is 0 Å². The molecular weight excluding hydrogens is 426 g/mol. The lowest BCUT2D eigenvalue weighted by Gasteiger charge is -2.26. The average molecular weight is 452 g/mol. The van der Waals surface area contributed by atoms with Gasteiger partial charge < -0.3 is 5.32 Å². The lowest BCUT2D eigenvalue weighted by Crippen LogP contribution is -2.36. The molecule has 0 radical (unpaired) electrons. The van der Waals surface area contributed by atoms with E-state index in [9.17, 15) is 14.9 Å². The number of aromatic nitrogens is 3. The normalized spacial score (nSPS) is 14.6. The van der Waals surface area contributed by atoms with Crippen molar-refractivity contribution in [3.05, 3.63) is 75.6 Å². The van der Waals surface area contributed by atoms with Crippen molar-refractivity contribution in [3.63, 3.8) is 0 Å². The summed E-state index contributed by atoms with van der Waals surface area (Å²) in [6.07, 6.45) is 2.93. The van der Waals surface area contributed by atoms with Crippen LogP contribution >= 0.6 is 11.8 Å². The van der Waals surface area contributed by atoms with Crippen molar-refractivity contribution in [1.29, 1.82) is 0 Å². The molecule has 1 heterocycles. The molecule has 4 rings (SSSR count). The van der Waals surface area contributed by atoms with Gasteiger partial charge in [0.25, 0.3) is 5.69 Å². The molecule has 1 aliphatic rings. The summed E-state index contributed by atoms with van der Waals surface area (Å²) in [6, 6.07) is 14.2. The minimum atomic E-state index is -0.425. The number of amides is 1. The molecule has 0 spiro atoms. The van der Waals surface area contributed by atoms with E-state index in [1.54, 1.807) is 12.1 Å². The van der Waals surface area contributed by atoms with Crippen molar-refractivity contribution < 1.29 is 9.72 Å². The van der Waals surface area contributed by atoms with Gasteiger partial charge in [-0.1, -0.05) is 48.0 Å². The molecule has 0 bridgehead atoms. The second-order valence-electron chi connectivity index (χ2n) is 8.09. The van der Waals surface area contributed by atoms with Crippen molar-refractivity contribution in [2.45, 2.75) is 50.1 Å². The zero-order valence-corrected chi connectivity index (χ0v) is 18.8. The largest absolute Gasteiger partial charge is 0.346 e. The Bertz CT molecular complexity index is 1120. The van der Waals surface area contributed by atoms with Gasteiger partial charge in [-0.05, 0) is 44.4 Å². The quantitative estimate of drug-likeness (QED) is 0.301. The third-order valence-electron chi connectivity index (χ3n) is 5.65. The van der Waals surface area contributed by atoms with Gasteiger partial charge in [-0.15, -0.1) is 10.2 Å². The molecular formula is C23H25N5O3S. The number of aryl methyl sites for hydroxylation is 1. The van der Waals surface area contributed by atoms with E-state index >= 15 is 0 Å². The van der Waals surface area contributed by atoms with Gasteiger partial charge in [0.2, 0.25) is 5.91 Å². The number of thioether (sulfide) groups is 1. The number of carbonyl (C=O) groups excluding carboxylic acids is 1. The van der Waals surface area contributed by atoms with Crippen LogP contribution in [0.25, 0.3) is 5.69 Å². The van der Waals surface area contributed by atoms with Gasteiger partial charge in [0, 0.05) is 29.5 Å². The second-order valence-corrected chi connectivity index (χ2v) is 9.03. The molecule has 32 heavy (non-hydrogen) atoms. The first-order valence-electron chi connectivity index (χ1n) is 10.6. The van der Waals surface area contributed by atoms with Gasteiger partial charge in [-0.3, -0.25) is 19.5 Å². The number of benzene rings is 2. The summed E-state index contributed by atoms with van der Waals surface area (Å²) < 4.78 is 1.87. The Hall–Kier alpha value is -3.20. The maximum atomic E-state index is 12.5. The standard InChI is InChI=1S/C23H25N5O3S/c1-15-5-3-6-17(13-15)14-32-23-26-25-21(16(2)24-22(29)18-7-4-8-18)27(23)19-9-11-20(12-10-19)28(30)31/h3,5-6,9-13,16,18H,4,7-8,14H2,1-2H3,(H,24,29). The fraction of sp³-hybridized carbons (Fsp3) is 0.348. The monoisotopic (exact) mass is 451 g/mol. The van der Waals surface area contributed by atoms with Crippen LogP contribution < -0.4 is 5.32 Å². The Balaban J connectivity index is 1.63. The molecule has 166 valence electrons. The first-order valence-corrected chi connectivity index (χ1v) is 11.6. The summed E-state index contributed by atoms with van der Waals surface area (Å²) in [6.45, 7) is 3.94. The van der Waals surface area contributed by atoms with E-state index in [1.165, 1.54) is 35.0 Å². The smallest absolute Gasteiger partial charge is 0.269 e. The van der Waals surface area contributed by atoms with Crippen molar-refractivity contribution in [3.8, 4) is 5.69 Å². The van der Waals surface area contributed by atoms with Gasteiger partial charge in [0.15, 0.2) is 11.0 Å². The highest BCUT2D eigenvalue weighted by atomic mass is 32.2. The van der Waals surface area contributed by atoms with E-state index in [0.717, 1.165) is 19.3 Å². The molecule has 1 N–H and O–H groups in total. The SMILES string of the molecule is Cc1cccc(CSc2nnc(C(C)NC(=O)C3CCC3)n2-c2ccc([N+](=O)[O-])cc2)c1. The Morgan fingerprint density at radius 3 is 2.62 bits per heavy atom. The van der Waals surface area contributed by atoms with Crippen LogP contribution in [0.5, 0.6) is 0 Å². The molecule has 8 nitrogen and oxygen atoms in total. The first-order chi connectivity index (χ1) is 15.4. The van der Waals surface area contributed by atoms with Crippen LogP contribution in [0.1, 0.15) is 49.2 Å². The number of carbonyl (C=O) groups is 1. The Morgan fingerprint density at radius 1 is 1.25 bits per heavy atom. The Kier molecular flexibility index (Phi) is 6.55. The predicted octanol–water partition coefficient (Wildman–Crippen LogP) is 4.75. The van der Waals surface area contributed by atoms with Crippen LogP contribution in [0, 0.1) is 23.0 Å². The molecule has 9 heteroatoms. The molecule has 1 unspecified atom stereocenters. The third kappa shape index (κ3) is 4.83. The van der Waals surface area contributed by atoms with Crippen molar-refractivity contribution in [2.75, 3.05) is 0 Å². The number of non-ortho nitro benzene ring substituents is 1. The number of nitrogens with one attached hydrogen (secondary N) is 1. The van der Waals surface area contributed by atoms with Crippen LogP contribution in [0.2, 0.25) is 0 Å². The predicted molar refractivity (Wildman–Crippen MR) is 123 cm³/mol. The number of hydrogen-bond donors (Lipinski definition) is 1. The Morgan fingerprint density at radius 2 is 2.00 bits per heavy atom. The molecule has 1 aromatic heterocycles. The number of nitro groups is 1. The lowest BCUT2D eigenvalue weighted by atomic mass is 9.84. The van der Waals surface area contributed by atoms with Gasteiger partial charge in [0.1, 0.15) is 0 Å². The van der Waals surface area contributed by atoms with Crippen molar-refractivity contribution in [1.82, 2.24) is 20.1 Å². The highest BCUT2D eigenvalue weighted by molar-refractivity contribution is 7.98. The van der Waals surface area contributed by atoms with E-state index < -0.39 is 4.92 Å². The average Bonchev–Trinajstić information content (AvgIpc) is 3.15. The molecule has 1 aliphatic carbocycles. The summed E-state index contributed by atoms with van der Waals surface area (Å²) in [5.41, 5.74) is 3.09. The molecule has 1 atom stereocenters. The van der Waals surface area contributed by atoms with Crippen LogP contribution in [0.3, 0.4) is 0 Å². The topological polar surface area (TPSA) is 103 Å². The molecule has 1 fully saturated rings.